The lowest BCUT2D eigenvalue weighted by Crippen LogP contribution is -2.46. The fourth-order valence-corrected chi connectivity index (χ4v) is 2.35. The number of pyridine rings is 1. The van der Waals surface area contributed by atoms with Gasteiger partial charge in [-0.05, 0) is 37.9 Å². The van der Waals surface area contributed by atoms with Gasteiger partial charge in [-0.25, -0.2) is 4.98 Å². The van der Waals surface area contributed by atoms with Crippen molar-refractivity contribution in [3.63, 3.8) is 0 Å². The van der Waals surface area contributed by atoms with Gasteiger partial charge in [-0.15, -0.1) is 0 Å². The zero-order valence-corrected chi connectivity index (χ0v) is 10.0. The fourth-order valence-electron chi connectivity index (χ4n) is 2.35. The van der Waals surface area contributed by atoms with Crippen LogP contribution in [-0.2, 0) is 0 Å². The molecule has 2 rings (SSSR count). The summed E-state index contributed by atoms with van der Waals surface area (Å²) in [5.41, 5.74) is 0. The van der Waals surface area contributed by atoms with E-state index in [1.807, 2.05) is 12.3 Å². The van der Waals surface area contributed by atoms with Gasteiger partial charge < -0.3 is 10.2 Å². The molecule has 1 aromatic rings. The first-order chi connectivity index (χ1) is 7.92. The molecule has 88 valence electrons. The zero-order valence-electron chi connectivity index (χ0n) is 10.0. The van der Waals surface area contributed by atoms with Crippen LogP contribution in [0, 0.1) is 0 Å². The summed E-state index contributed by atoms with van der Waals surface area (Å²) in [6, 6.07) is 6.78. The first-order valence-electron chi connectivity index (χ1n) is 6.30. The molecular formula is C13H21N3. The lowest BCUT2D eigenvalue weighted by atomic mass is 10.1. The number of anilines is 1. The molecule has 0 spiro atoms. The zero-order chi connectivity index (χ0) is 11.2. The van der Waals surface area contributed by atoms with Crippen molar-refractivity contribution in [3.05, 3.63) is 24.4 Å². The number of hydrogen-bond acceptors (Lipinski definition) is 3. The molecule has 0 amide bonds. The van der Waals surface area contributed by atoms with Crippen molar-refractivity contribution in [1.29, 1.82) is 0 Å². The van der Waals surface area contributed by atoms with Gasteiger partial charge in [0.1, 0.15) is 5.82 Å². The number of hydrogen-bond donors (Lipinski definition) is 1. The summed E-state index contributed by atoms with van der Waals surface area (Å²) in [4.78, 5) is 6.92. The normalized spacial score (nSPS) is 20.7. The summed E-state index contributed by atoms with van der Waals surface area (Å²) in [5, 5.41) is 3.47. The Balaban J connectivity index is 2.09. The Morgan fingerprint density at radius 1 is 1.50 bits per heavy atom. The Morgan fingerprint density at radius 3 is 3.06 bits per heavy atom. The van der Waals surface area contributed by atoms with Crippen LogP contribution in [0.3, 0.4) is 0 Å². The van der Waals surface area contributed by atoms with E-state index in [0.29, 0.717) is 6.04 Å². The third-order valence-electron chi connectivity index (χ3n) is 3.12. The molecule has 1 N–H and O–H groups in total. The molecule has 3 nitrogen and oxygen atoms in total. The fraction of sp³-hybridized carbons (Fsp3) is 0.615. The van der Waals surface area contributed by atoms with Crippen LogP contribution in [0.15, 0.2) is 24.4 Å². The van der Waals surface area contributed by atoms with Crippen LogP contribution >= 0.6 is 0 Å². The number of nitrogens with zero attached hydrogens (tertiary/aromatic N) is 2. The van der Waals surface area contributed by atoms with E-state index in [4.69, 9.17) is 0 Å². The van der Waals surface area contributed by atoms with Crippen LogP contribution in [0.25, 0.3) is 0 Å². The topological polar surface area (TPSA) is 28.2 Å². The highest BCUT2D eigenvalue weighted by molar-refractivity contribution is 5.39. The van der Waals surface area contributed by atoms with Crippen LogP contribution in [0.2, 0.25) is 0 Å². The van der Waals surface area contributed by atoms with Crippen LogP contribution in [0.1, 0.15) is 26.2 Å². The second kappa shape index (κ2) is 5.85. The summed E-state index contributed by atoms with van der Waals surface area (Å²) in [7, 11) is 0. The van der Waals surface area contributed by atoms with Crippen LogP contribution in [0.5, 0.6) is 0 Å². The predicted octanol–water partition coefficient (Wildman–Crippen LogP) is 2.05. The van der Waals surface area contributed by atoms with E-state index in [0.717, 1.165) is 18.9 Å². The standard InChI is InChI=1S/C13H21N3/c1-2-10-16(12-6-5-8-14-11-12)13-7-3-4-9-15-13/h3-4,7,9,12,14H,2,5-6,8,10-11H2,1H3. The Bertz CT molecular complexity index is 293. The second-order valence-electron chi connectivity index (χ2n) is 4.38. The minimum absolute atomic E-state index is 0.614. The molecule has 0 bridgehead atoms. The van der Waals surface area contributed by atoms with E-state index in [1.54, 1.807) is 0 Å². The highest BCUT2D eigenvalue weighted by Crippen LogP contribution is 2.18. The van der Waals surface area contributed by atoms with Crippen molar-refractivity contribution in [2.45, 2.75) is 32.2 Å². The van der Waals surface area contributed by atoms with Crippen molar-refractivity contribution in [2.24, 2.45) is 0 Å². The van der Waals surface area contributed by atoms with Crippen LogP contribution < -0.4 is 10.2 Å². The van der Waals surface area contributed by atoms with E-state index in [-0.39, 0.29) is 0 Å². The Labute approximate surface area is 97.9 Å². The highest BCUT2D eigenvalue weighted by Gasteiger charge is 2.20. The number of rotatable bonds is 4. The maximum Gasteiger partial charge on any atom is 0.128 e. The molecule has 0 radical (unpaired) electrons. The summed E-state index contributed by atoms with van der Waals surface area (Å²) >= 11 is 0. The minimum Gasteiger partial charge on any atom is -0.352 e. The Kier molecular flexibility index (Phi) is 4.17. The summed E-state index contributed by atoms with van der Waals surface area (Å²) in [5.74, 6) is 1.12. The van der Waals surface area contributed by atoms with Gasteiger partial charge >= 0.3 is 0 Å². The molecule has 3 heteroatoms. The maximum atomic E-state index is 4.47. The largest absolute Gasteiger partial charge is 0.352 e. The van der Waals surface area contributed by atoms with E-state index >= 15 is 0 Å². The predicted molar refractivity (Wildman–Crippen MR) is 67.8 cm³/mol. The van der Waals surface area contributed by atoms with Crippen LogP contribution in [-0.4, -0.2) is 30.7 Å². The van der Waals surface area contributed by atoms with Crippen molar-refractivity contribution >= 4 is 5.82 Å². The minimum atomic E-state index is 0.614. The Morgan fingerprint density at radius 2 is 2.44 bits per heavy atom. The molecule has 0 saturated carbocycles. The first kappa shape index (κ1) is 11.4. The lowest BCUT2D eigenvalue weighted by molar-refractivity contribution is 0.429. The smallest absolute Gasteiger partial charge is 0.128 e. The molecule has 2 heterocycles. The summed E-state index contributed by atoms with van der Waals surface area (Å²) < 4.78 is 0. The Hall–Kier alpha value is -1.09. The number of nitrogens with one attached hydrogen (secondary N) is 1. The average Bonchev–Trinajstić information content (AvgIpc) is 2.38. The second-order valence-corrected chi connectivity index (χ2v) is 4.38. The molecule has 1 aromatic heterocycles. The first-order valence-corrected chi connectivity index (χ1v) is 6.30. The van der Waals surface area contributed by atoms with Gasteiger partial charge in [0, 0.05) is 25.3 Å². The van der Waals surface area contributed by atoms with Crippen LogP contribution in [0.4, 0.5) is 5.82 Å². The number of aromatic nitrogens is 1. The molecule has 0 aliphatic carbocycles. The van der Waals surface area contributed by atoms with Gasteiger partial charge in [0.25, 0.3) is 0 Å². The molecule has 1 saturated heterocycles. The lowest BCUT2D eigenvalue weighted by Gasteiger charge is -2.35. The third-order valence-corrected chi connectivity index (χ3v) is 3.12. The molecule has 1 fully saturated rings. The molecule has 0 aromatic carbocycles. The molecular weight excluding hydrogens is 198 g/mol. The van der Waals surface area contributed by atoms with Gasteiger partial charge in [-0.3, -0.25) is 0 Å². The maximum absolute atomic E-state index is 4.47. The molecule has 1 aliphatic rings. The monoisotopic (exact) mass is 219 g/mol. The van der Waals surface area contributed by atoms with Gasteiger partial charge in [0.05, 0.1) is 0 Å². The van der Waals surface area contributed by atoms with Crippen molar-refractivity contribution in [3.8, 4) is 0 Å². The summed E-state index contributed by atoms with van der Waals surface area (Å²) in [6.45, 7) is 5.59. The molecule has 1 atom stereocenters. The SMILES string of the molecule is CCCN(c1ccccn1)C1CCCNC1. The van der Waals surface area contributed by atoms with Crippen molar-refractivity contribution < 1.29 is 0 Å². The van der Waals surface area contributed by atoms with Gasteiger partial charge in [-0.1, -0.05) is 13.0 Å². The van der Waals surface area contributed by atoms with Crippen molar-refractivity contribution in [2.75, 3.05) is 24.5 Å². The van der Waals surface area contributed by atoms with E-state index in [2.05, 4.69) is 34.3 Å². The van der Waals surface area contributed by atoms with E-state index in [1.165, 1.54) is 25.8 Å². The third kappa shape index (κ3) is 2.73. The van der Waals surface area contributed by atoms with E-state index < -0.39 is 0 Å². The summed E-state index contributed by atoms with van der Waals surface area (Å²) in [6.07, 6.45) is 5.61. The number of piperidine rings is 1. The van der Waals surface area contributed by atoms with Gasteiger partial charge in [0.15, 0.2) is 0 Å². The highest BCUT2D eigenvalue weighted by atomic mass is 15.2. The van der Waals surface area contributed by atoms with Gasteiger partial charge in [-0.2, -0.15) is 0 Å². The molecule has 1 aliphatic heterocycles. The quantitative estimate of drug-likeness (QED) is 0.840. The molecule has 1 unspecified atom stereocenters. The van der Waals surface area contributed by atoms with Gasteiger partial charge in [0.2, 0.25) is 0 Å². The molecule has 16 heavy (non-hydrogen) atoms. The van der Waals surface area contributed by atoms with Crippen molar-refractivity contribution in [1.82, 2.24) is 10.3 Å². The average molecular weight is 219 g/mol. The van der Waals surface area contributed by atoms with E-state index in [9.17, 15) is 0 Å².